The van der Waals surface area contributed by atoms with Gasteiger partial charge in [-0.3, -0.25) is 0 Å². The van der Waals surface area contributed by atoms with Crippen LogP contribution in [0, 0.1) is 0 Å². The topological polar surface area (TPSA) is 52.6 Å². The molecule has 5 heteroatoms. The van der Waals surface area contributed by atoms with E-state index in [2.05, 4.69) is 0 Å². The molecule has 1 aliphatic heterocycles. The van der Waals surface area contributed by atoms with Crippen LogP contribution in [0.25, 0.3) is 0 Å². The fourth-order valence-corrected chi connectivity index (χ4v) is 1.57. The lowest BCUT2D eigenvalue weighted by atomic mass is 10.2. The lowest BCUT2D eigenvalue weighted by Crippen LogP contribution is -2.18. The molecular formula is C12H9ClO4. The van der Waals surface area contributed by atoms with Gasteiger partial charge in [0.1, 0.15) is 0 Å². The second kappa shape index (κ2) is 4.59. The third-order valence-corrected chi connectivity index (χ3v) is 2.58. The van der Waals surface area contributed by atoms with E-state index in [1.807, 2.05) is 0 Å². The molecule has 17 heavy (non-hydrogen) atoms. The van der Waals surface area contributed by atoms with E-state index in [9.17, 15) is 9.59 Å². The Morgan fingerprint density at radius 2 is 2.12 bits per heavy atom. The van der Waals surface area contributed by atoms with Gasteiger partial charge < -0.3 is 9.47 Å². The minimum Gasteiger partial charge on any atom is -0.418 e. The van der Waals surface area contributed by atoms with Gasteiger partial charge >= 0.3 is 11.9 Å². The number of rotatable bonds is 2. The Labute approximate surface area is 103 Å². The Bertz CT molecular complexity index is 507. The quantitative estimate of drug-likeness (QED) is 0.758. The number of hydrogen-bond acceptors (Lipinski definition) is 4. The molecule has 0 unspecified atom stereocenters. The maximum absolute atomic E-state index is 11.7. The van der Waals surface area contributed by atoms with Crippen molar-refractivity contribution in [3.05, 3.63) is 46.5 Å². The molecule has 0 amide bonds. The SMILES string of the molecule is CC1=C[C@H](OC(=O)c2ccccc2Cl)OC1=O. The van der Waals surface area contributed by atoms with Crippen LogP contribution in [0.2, 0.25) is 5.02 Å². The monoisotopic (exact) mass is 252 g/mol. The molecule has 1 aromatic carbocycles. The lowest BCUT2D eigenvalue weighted by Gasteiger charge is -2.10. The van der Waals surface area contributed by atoms with Crippen LogP contribution in [0.5, 0.6) is 0 Å². The van der Waals surface area contributed by atoms with Crippen LogP contribution in [0.1, 0.15) is 17.3 Å². The molecule has 1 aromatic rings. The van der Waals surface area contributed by atoms with Crippen LogP contribution >= 0.6 is 11.6 Å². The number of benzene rings is 1. The van der Waals surface area contributed by atoms with Gasteiger partial charge in [-0.25, -0.2) is 9.59 Å². The molecule has 4 nitrogen and oxygen atoms in total. The zero-order chi connectivity index (χ0) is 12.4. The van der Waals surface area contributed by atoms with E-state index < -0.39 is 18.2 Å². The molecule has 0 aromatic heterocycles. The number of cyclic esters (lactones) is 1. The molecule has 0 aliphatic carbocycles. The normalized spacial score (nSPS) is 18.6. The van der Waals surface area contributed by atoms with Gasteiger partial charge in [-0.2, -0.15) is 0 Å². The summed E-state index contributed by atoms with van der Waals surface area (Å²) in [6, 6.07) is 6.50. The molecule has 0 radical (unpaired) electrons. The van der Waals surface area contributed by atoms with Gasteiger partial charge in [0.05, 0.1) is 10.6 Å². The second-order valence-electron chi connectivity index (χ2n) is 3.51. The molecule has 2 rings (SSSR count). The largest absolute Gasteiger partial charge is 0.418 e. The molecule has 1 atom stereocenters. The Morgan fingerprint density at radius 3 is 2.71 bits per heavy atom. The Kier molecular flexibility index (Phi) is 3.15. The number of ether oxygens (including phenoxy) is 2. The molecule has 88 valence electrons. The standard InChI is InChI=1S/C12H9ClO4/c1-7-6-10(16-11(7)14)17-12(15)8-4-2-3-5-9(8)13/h2-6,10H,1H3/t10-/m0/s1. The predicted octanol–water partition coefficient (Wildman–Crippen LogP) is 2.33. The first-order valence-electron chi connectivity index (χ1n) is 4.93. The molecular weight excluding hydrogens is 244 g/mol. The smallest absolute Gasteiger partial charge is 0.342 e. The van der Waals surface area contributed by atoms with Crippen molar-refractivity contribution in [1.29, 1.82) is 0 Å². The van der Waals surface area contributed by atoms with E-state index >= 15 is 0 Å². The maximum Gasteiger partial charge on any atom is 0.342 e. The highest BCUT2D eigenvalue weighted by Gasteiger charge is 2.26. The first kappa shape index (κ1) is 11.7. The third-order valence-electron chi connectivity index (χ3n) is 2.25. The van der Waals surface area contributed by atoms with Crippen molar-refractivity contribution in [2.75, 3.05) is 0 Å². The Morgan fingerprint density at radius 1 is 1.41 bits per heavy atom. The molecule has 0 bridgehead atoms. The van der Waals surface area contributed by atoms with Gasteiger partial charge in [0.25, 0.3) is 6.29 Å². The molecule has 0 saturated carbocycles. The molecule has 1 heterocycles. The van der Waals surface area contributed by atoms with Gasteiger partial charge in [-0.15, -0.1) is 0 Å². The fourth-order valence-electron chi connectivity index (χ4n) is 1.36. The average molecular weight is 253 g/mol. The third kappa shape index (κ3) is 2.47. The summed E-state index contributed by atoms with van der Waals surface area (Å²) in [6.07, 6.45) is 0.475. The zero-order valence-electron chi connectivity index (χ0n) is 8.98. The van der Waals surface area contributed by atoms with Crippen molar-refractivity contribution in [3.63, 3.8) is 0 Å². The molecule has 0 saturated heterocycles. The van der Waals surface area contributed by atoms with Crippen LogP contribution < -0.4 is 0 Å². The van der Waals surface area contributed by atoms with Crippen LogP contribution in [0.4, 0.5) is 0 Å². The van der Waals surface area contributed by atoms with E-state index in [-0.39, 0.29) is 5.56 Å². The summed E-state index contributed by atoms with van der Waals surface area (Å²) in [7, 11) is 0. The fraction of sp³-hybridized carbons (Fsp3) is 0.167. The number of halogens is 1. The van der Waals surface area contributed by atoms with Gasteiger partial charge in [0.2, 0.25) is 0 Å². The van der Waals surface area contributed by atoms with Gasteiger partial charge in [0, 0.05) is 11.6 Å². The predicted molar refractivity (Wildman–Crippen MR) is 60.5 cm³/mol. The summed E-state index contributed by atoms with van der Waals surface area (Å²) in [6.45, 7) is 1.59. The highest BCUT2D eigenvalue weighted by molar-refractivity contribution is 6.33. The minimum absolute atomic E-state index is 0.239. The van der Waals surface area contributed by atoms with Crippen LogP contribution in [-0.2, 0) is 14.3 Å². The molecule has 0 spiro atoms. The number of carbonyl (C=O) groups is 2. The Hall–Kier alpha value is -1.81. The molecule has 1 aliphatic rings. The van der Waals surface area contributed by atoms with Crippen molar-refractivity contribution in [1.82, 2.24) is 0 Å². The van der Waals surface area contributed by atoms with Gasteiger partial charge in [0.15, 0.2) is 0 Å². The van der Waals surface area contributed by atoms with Crippen LogP contribution in [0.15, 0.2) is 35.9 Å². The van der Waals surface area contributed by atoms with Crippen molar-refractivity contribution in [2.24, 2.45) is 0 Å². The molecule has 0 fully saturated rings. The first-order chi connectivity index (χ1) is 8.08. The molecule has 0 N–H and O–H groups in total. The van der Waals surface area contributed by atoms with E-state index in [0.717, 1.165) is 0 Å². The van der Waals surface area contributed by atoms with Gasteiger partial charge in [-0.1, -0.05) is 23.7 Å². The summed E-state index contributed by atoms with van der Waals surface area (Å²) in [5.74, 6) is -1.11. The highest BCUT2D eigenvalue weighted by atomic mass is 35.5. The Balaban J connectivity index is 2.09. The number of carbonyl (C=O) groups excluding carboxylic acids is 2. The summed E-state index contributed by atoms with van der Waals surface area (Å²) in [4.78, 5) is 22.8. The average Bonchev–Trinajstić information content (AvgIpc) is 2.58. The van der Waals surface area contributed by atoms with E-state index in [1.54, 1.807) is 25.1 Å². The summed E-state index contributed by atoms with van der Waals surface area (Å²) in [5.41, 5.74) is 0.658. The lowest BCUT2D eigenvalue weighted by molar-refractivity contribution is -0.151. The highest BCUT2D eigenvalue weighted by Crippen LogP contribution is 2.19. The maximum atomic E-state index is 11.7. The van der Waals surface area contributed by atoms with Crippen molar-refractivity contribution in [2.45, 2.75) is 13.2 Å². The van der Waals surface area contributed by atoms with Crippen molar-refractivity contribution < 1.29 is 19.1 Å². The minimum atomic E-state index is -0.966. The van der Waals surface area contributed by atoms with E-state index in [4.69, 9.17) is 21.1 Å². The number of hydrogen-bond donors (Lipinski definition) is 0. The van der Waals surface area contributed by atoms with Crippen molar-refractivity contribution in [3.8, 4) is 0 Å². The summed E-state index contributed by atoms with van der Waals surface area (Å²) < 4.78 is 9.76. The first-order valence-corrected chi connectivity index (χ1v) is 5.30. The van der Waals surface area contributed by atoms with E-state index in [1.165, 1.54) is 12.1 Å². The van der Waals surface area contributed by atoms with E-state index in [0.29, 0.717) is 10.6 Å². The van der Waals surface area contributed by atoms with Crippen molar-refractivity contribution >= 4 is 23.5 Å². The summed E-state index contributed by atoms with van der Waals surface area (Å²) >= 11 is 5.84. The number of esters is 2. The summed E-state index contributed by atoms with van der Waals surface area (Å²) in [5, 5.41) is 0.294. The van der Waals surface area contributed by atoms with Crippen LogP contribution in [-0.4, -0.2) is 18.2 Å². The zero-order valence-corrected chi connectivity index (χ0v) is 9.73. The second-order valence-corrected chi connectivity index (χ2v) is 3.92. The van der Waals surface area contributed by atoms with Gasteiger partial charge in [-0.05, 0) is 19.1 Å². The van der Waals surface area contributed by atoms with Crippen LogP contribution in [0.3, 0.4) is 0 Å².